The molecule has 10 heteroatoms. The number of anilines is 1. The first kappa shape index (κ1) is 20.7. The van der Waals surface area contributed by atoms with Gasteiger partial charge in [-0.3, -0.25) is 9.30 Å². The number of nitrogens with one attached hydrogen (secondary N) is 2. The van der Waals surface area contributed by atoms with E-state index < -0.39 is 10.0 Å². The molecule has 0 fully saturated rings. The van der Waals surface area contributed by atoms with Crippen LogP contribution < -0.4 is 10.0 Å². The predicted molar refractivity (Wildman–Crippen MR) is 113 cm³/mol. The summed E-state index contributed by atoms with van der Waals surface area (Å²) in [5, 5.41) is 3.36. The monoisotopic (exact) mass is 466 g/mol. The van der Waals surface area contributed by atoms with Gasteiger partial charge in [0.25, 0.3) is 0 Å². The molecule has 150 valence electrons. The molecule has 0 aliphatic carbocycles. The van der Waals surface area contributed by atoms with Crippen LogP contribution in [0.3, 0.4) is 0 Å². The summed E-state index contributed by atoms with van der Waals surface area (Å²) >= 11 is 3.45. The third-order valence-electron chi connectivity index (χ3n) is 4.43. The number of hydrogen-bond donors (Lipinski definition) is 2. The lowest BCUT2D eigenvalue weighted by Crippen LogP contribution is -2.43. The zero-order valence-electron chi connectivity index (χ0n) is 15.7. The molecule has 0 amide bonds. The largest absolute Gasteiger partial charge is 0.352 e. The van der Waals surface area contributed by atoms with E-state index in [2.05, 4.69) is 40.8 Å². The number of halogens is 1. The molecule has 28 heavy (non-hydrogen) atoms. The summed E-state index contributed by atoms with van der Waals surface area (Å²) in [7, 11) is -3.50. The minimum atomic E-state index is -3.50. The van der Waals surface area contributed by atoms with E-state index >= 15 is 0 Å². The van der Waals surface area contributed by atoms with Gasteiger partial charge in [-0.05, 0) is 41.5 Å². The molecule has 0 saturated carbocycles. The van der Waals surface area contributed by atoms with Crippen LogP contribution in [-0.4, -0.2) is 53.5 Å². The highest BCUT2D eigenvalue weighted by molar-refractivity contribution is 9.10. The van der Waals surface area contributed by atoms with Gasteiger partial charge in [0.05, 0.1) is 17.3 Å². The molecule has 1 atom stereocenters. The molecule has 2 heterocycles. The fraction of sp³-hybridized carbons (Fsp3) is 0.333. The molecule has 3 rings (SSSR count). The van der Waals surface area contributed by atoms with Gasteiger partial charge in [0, 0.05) is 25.5 Å². The number of rotatable bonds is 9. The van der Waals surface area contributed by atoms with Gasteiger partial charge >= 0.3 is 0 Å². The molecule has 2 N–H and O–H groups in total. The summed E-state index contributed by atoms with van der Waals surface area (Å²) in [5.74, 6) is 0.670. The summed E-state index contributed by atoms with van der Waals surface area (Å²) in [6.07, 6.45) is 5.23. The van der Waals surface area contributed by atoms with Gasteiger partial charge in [0.1, 0.15) is 4.60 Å². The Balaban J connectivity index is 1.61. The number of sulfonamides is 1. The maximum atomic E-state index is 12.3. The van der Waals surface area contributed by atoms with Crippen LogP contribution in [0.25, 0.3) is 5.65 Å². The zero-order valence-corrected chi connectivity index (χ0v) is 18.1. The Labute approximate surface area is 173 Å². The standard InChI is InChI=1S/C18H23BrN6O2S/c1-3-24(11-10-22-28(26,27)15-7-5-4-6-8-15)14(2)23-17-18-20-9-12-25(18)16(19)13-21-17/h4-9,12-14,22H,3,10-11H2,1-2H3,(H,21,23). The van der Waals surface area contributed by atoms with E-state index in [9.17, 15) is 8.42 Å². The molecule has 0 aliphatic rings. The van der Waals surface area contributed by atoms with Crippen molar-refractivity contribution in [2.75, 3.05) is 25.0 Å². The van der Waals surface area contributed by atoms with E-state index in [4.69, 9.17) is 0 Å². The van der Waals surface area contributed by atoms with Gasteiger partial charge in [-0.2, -0.15) is 0 Å². The van der Waals surface area contributed by atoms with Crippen molar-refractivity contribution < 1.29 is 8.42 Å². The summed E-state index contributed by atoms with van der Waals surface area (Å²) in [5.41, 5.74) is 0.724. The number of imidazole rings is 1. The molecular weight excluding hydrogens is 444 g/mol. The highest BCUT2D eigenvalue weighted by atomic mass is 79.9. The summed E-state index contributed by atoms with van der Waals surface area (Å²) in [6.45, 7) is 5.66. The molecule has 0 saturated heterocycles. The van der Waals surface area contributed by atoms with Gasteiger partial charge in [0.15, 0.2) is 11.5 Å². The van der Waals surface area contributed by atoms with E-state index in [0.29, 0.717) is 18.9 Å². The predicted octanol–water partition coefficient (Wildman–Crippen LogP) is 2.55. The Bertz CT molecular complexity index is 1020. The number of aromatic nitrogens is 3. The van der Waals surface area contributed by atoms with Crippen LogP contribution in [0.1, 0.15) is 13.8 Å². The van der Waals surface area contributed by atoms with Crippen molar-refractivity contribution in [3.8, 4) is 0 Å². The third kappa shape index (κ3) is 4.69. The summed E-state index contributed by atoms with van der Waals surface area (Å²) < 4.78 is 30.1. The molecule has 0 radical (unpaired) electrons. The quantitative estimate of drug-likeness (QED) is 0.470. The van der Waals surface area contributed by atoms with Crippen LogP contribution >= 0.6 is 15.9 Å². The number of benzene rings is 1. The van der Waals surface area contributed by atoms with Crippen molar-refractivity contribution in [1.82, 2.24) is 24.0 Å². The molecule has 0 aliphatic heterocycles. The lowest BCUT2D eigenvalue weighted by molar-refractivity contribution is 0.244. The second kappa shape index (κ2) is 8.99. The Morgan fingerprint density at radius 1 is 1.25 bits per heavy atom. The Morgan fingerprint density at radius 3 is 2.71 bits per heavy atom. The van der Waals surface area contributed by atoms with E-state index in [1.807, 2.05) is 24.4 Å². The van der Waals surface area contributed by atoms with E-state index in [0.717, 1.165) is 16.8 Å². The van der Waals surface area contributed by atoms with E-state index in [-0.39, 0.29) is 11.1 Å². The average Bonchev–Trinajstić information content (AvgIpc) is 3.19. The lowest BCUT2D eigenvalue weighted by atomic mass is 10.4. The highest BCUT2D eigenvalue weighted by Crippen LogP contribution is 2.19. The van der Waals surface area contributed by atoms with Crippen LogP contribution in [0.2, 0.25) is 0 Å². The minimum absolute atomic E-state index is 0.0552. The van der Waals surface area contributed by atoms with Crippen molar-refractivity contribution in [2.24, 2.45) is 0 Å². The third-order valence-corrected chi connectivity index (χ3v) is 6.49. The fourth-order valence-electron chi connectivity index (χ4n) is 2.91. The van der Waals surface area contributed by atoms with Gasteiger partial charge in [-0.25, -0.2) is 23.1 Å². The first-order valence-electron chi connectivity index (χ1n) is 8.95. The molecule has 3 aromatic rings. The molecule has 1 aromatic carbocycles. The van der Waals surface area contributed by atoms with Crippen LogP contribution in [0, 0.1) is 0 Å². The maximum absolute atomic E-state index is 12.3. The maximum Gasteiger partial charge on any atom is 0.240 e. The summed E-state index contributed by atoms with van der Waals surface area (Å²) in [6, 6.07) is 8.37. The average molecular weight is 467 g/mol. The van der Waals surface area contributed by atoms with Crippen LogP contribution in [0.15, 0.2) is 58.4 Å². The van der Waals surface area contributed by atoms with Crippen LogP contribution in [0.5, 0.6) is 0 Å². The zero-order chi connectivity index (χ0) is 20.1. The number of hydrogen-bond acceptors (Lipinski definition) is 6. The molecule has 2 aromatic heterocycles. The van der Waals surface area contributed by atoms with Crippen molar-refractivity contribution >= 4 is 37.4 Å². The molecular formula is C18H23BrN6O2S. The second-order valence-electron chi connectivity index (χ2n) is 6.21. The second-order valence-corrected chi connectivity index (χ2v) is 8.79. The lowest BCUT2D eigenvalue weighted by Gasteiger charge is -2.29. The molecule has 8 nitrogen and oxygen atoms in total. The Morgan fingerprint density at radius 2 is 2.00 bits per heavy atom. The molecule has 0 bridgehead atoms. The summed E-state index contributed by atoms with van der Waals surface area (Å²) in [4.78, 5) is 11.1. The SMILES string of the molecule is CCN(CCNS(=O)(=O)c1ccccc1)C(C)Nc1ncc(Br)n2ccnc12. The van der Waals surface area contributed by atoms with Crippen molar-refractivity contribution in [1.29, 1.82) is 0 Å². The Hall–Kier alpha value is -2.01. The van der Waals surface area contributed by atoms with Crippen molar-refractivity contribution in [2.45, 2.75) is 24.9 Å². The molecule has 1 unspecified atom stereocenters. The topological polar surface area (TPSA) is 91.6 Å². The van der Waals surface area contributed by atoms with Gasteiger partial charge < -0.3 is 5.32 Å². The molecule has 0 spiro atoms. The van der Waals surface area contributed by atoms with Gasteiger partial charge in [-0.1, -0.05) is 25.1 Å². The first-order chi connectivity index (χ1) is 13.4. The highest BCUT2D eigenvalue weighted by Gasteiger charge is 2.17. The van der Waals surface area contributed by atoms with Gasteiger partial charge in [0.2, 0.25) is 10.0 Å². The minimum Gasteiger partial charge on any atom is -0.352 e. The fourth-order valence-corrected chi connectivity index (χ4v) is 4.34. The van der Waals surface area contributed by atoms with Crippen LogP contribution in [0.4, 0.5) is 5.82 Å². The number of nitrogens with zero attached hydrogens (tertiary/aromatic N) is 4. The van der Waals surface area contributed by atoms with Crippen molar-refractivity contribution in [3.05, 3.63) is 53.5 Å². The normalized spacial score (nSPS) is 13.1. The Kier molecular flexibility index (Phi) is 6.65. The number of likely N-dealkylation sites (N-methyl/N-ethyl adjacent to an activating group) is 1. The van der Waals surface area contributed by atoms with Crippen LogP contribution in [-0.2, 0) is 10.0 Å². The number of fused-ring (bicyclic) bond motifs is 1. The van der Waals surface area contributed by atoms with Crippen molar-refractivity contribution in [3.63, 3.8) is 0 Å². The van der Waals surface area contributed by atoms with E-state index in [1.165, 1.54) is 0 Å². The smallest absolute Gasteiger partial charge is 0.240 e. The van der Waals surface area contributed by atoms with Gasteiger partial charge in [-0.15, -0.1) is 0 Å². The first-order valence-corrected chi connectivity index (χ1v) is 11.2. The van der Waals surface area contributed by atoms with E-state index in [1.54, 1.807) is 42.7 Å².